The molecule has 2 heteroatoms. The summed E-state index contributed by atoms with van der Waals surface area (Å²) in [6, 6.07) is 1.84. The molecule has 1 heterocycles. The van der Waals surface area contributed by atoms with Crippen molar-refractivity contribution < 1.29 is 0 Å². The summed E-state index contributed by atoms with van der Waals surface area (Å²) in [5, 5.41) is 0. The number of hydrogen-bond donors (Lipinski definition) is 2. The number of nitrogen functional groups attached to an aromatic ring is 1. The fraction of sp³-hybridized carbons (Fsp3) is 0.200. The fourth-order valence-electron chi connectivity index (χ4n) is 0.465. The van der Waals surface area contributed by atoms with E-state index >= 15 is 0 Å². The molecule has 0 fully saturated rings. The lowest BCUT2D eigenvalue weighted by Gasteiger charge is -1.82. The Morgan fingerprint density at radius 3 is 2.57 bits per heavy atom. The van der Waals surface area contributed by atoms with Crippen molar-refractivity contribution in [3.63, 3.8) is 0 Å². The number of hydrogen-bond acceptors (Lipinski definition) is 1. The van der Waals surface area contributed by atoms with Gasteiger partial charge in [-0.1, -0.05) is 0 Å². The number of rotatable bonds is 0. The smallest absolute Gasteiger partial charge is 0.0521 e. The lowest BCUT2D eigenvalue weighted by atomic mass is 10.4. The summed E-state index contributed by atoms with van der Waals surface area (Å²) in [6.07, 6.45) is 1.82. The van der Waals surface area contributed by atoms with E-state index < -0.39 is 0 Å². The SMILES string of the molecule is Cc1[nH]ccc1N. The summed E-state index contributed by atoms with van der Waals surface area (Å²) in [6.45, 7) is 1.94. The molecule has 7 heavy (non-hydrogen) atoms. The molecule has 1 aromatic rings. The van der Waals surface area contributed by atoms with E-state index in [0.29, 0.717) is 0 Å². The molecule has 0 spiro atoms. The van der Waals surface area contributed by atoms with Crippen LogP contribution in [0, 0.1) is 6.92 Å². The second kappa shape index (κ2) is 1.30. The van der Waals surface area contributed by atoms with Gasteiger partial charge in [-0.3, -0.25) is 0 Å². The Bertz CT molecular complexity index is 138. The first-order valence-corrected chi connectivity index (χ1v) is 2.20. The van der Waals surface area contributed by atoms with Gasteiger partial charge < -0.3 is 10.7 Å². The molecule has 0 aliphatic rings. The number of anilines is 1. The summed E-state index contributed by atoms with van der Waals surface area (Å²) < 4.78 is 0. The maximum atomic E-state index is 5.41. The quantitative estimate of drug-likeness (QED) is 0.495. The number of nitrogens with two attached hydrogens (primary N) is 1. The van der Waals surface area contributed by atoms with Crippen molar-refractivity contribution in [3.05, 3.63) is 18.0 Å². The molecule has 3 N–H and O–H groups in total. The van der Waals surface area contributed by atoms with E-state index in [0.717, 1.165) is 11.4 Å². The molecule has 1 rings (SSSR count). The minimum Gasteiger partial charge on any atom is -0.397 e. The van der Waals surface area contributed by atoms with Crippen LogP contribution in [0.3, 0.4) is 0 Å². The first-order valence-electron chi connectivity index (χ1n) is 2.20. The van der Waals surface area contributed by atoms with Crippen LogP contribution in [0.2, 0.25) is 0 Å². The van der Waals surface area contributed by atoms with E-state index in [1.54, 1.807) is 0 Å². The molecule has 0 saturated heterocycles. The monoisotopic (exact) mass is 96.1 g/mol. The summed E-state index contributed by atoms with van der Waals surface area (Å²) in [4.78, 5) is 2.94. The van der Waals surface area contributed by atoms with Gasteiger partial charge in [0, 0.05) is 11.9 Å². The number of H-pyrrole nitrogens is 1. The highest BCUT2D eigenvalue weighted by Crippen LogP contribution is 2.03. The standard InChI is InChI=1S/C5H8N2/c1-4-5(6)2-3-7-4/h2-3,7H,6H2,1H3. The number of aromatic amines is 1. The van der Waals surface area contributed by atoms with Crippen molar-refractivity contribution in [2.45, 2.75) is 6.92 Å². The van der Waals surface area contributed by atoms with Gasteiger partial charge in [0.15, 0.2) is 0 Å². The molecule has 0 saturated carbocycles. The molecule has 0 bridgehead atoms. The van der Waals surface area contributed by atoms with Gasteiger partial charge in [-0.05, 0) is 13.0 Å². The third kappa shape index (κ3) is 0.585. The van der Waals surface area contributed by atoms with Crippen LogP contribution in [0.5, 0.6) is 0 Å². The summed E-state index contributed by atoms with van der Waals surface area (Å²) in [5.41, 5.74) is 7.28. The van der Waals surface area contributed by atoms with Crippen LogP contribution in [-0.2, 0) is 0 Å². The third-order valence-corrected chi connectivity index (χ3v) is 0.996. The Labute approximate surface area is 42.3 Å². The first-order chi connectivity index (χ1) is 3.30. The van der Waals surface area contributed by atoms with Crippen LogP contribution < -0.4 is 5.73 Å². The predicted molar refractivity (Wildman–Crippen MR) is 29.9 cm³/mol. The van der Waals surface area contributed by atoms with Gasteiger partial charge in [0.2, 0.25) is 0 Å². The summed E-state index contributed by atoms with van der Waals surface area (Å²) >= 11 is 0. The van der Waals surface area contributed by atoms with Gasteiger partial charge in [0.1, 0.15) is 0 Å². The summed E-state index contributed by atoms with van der Waals surface area (Å²) in [5.74, 6) is 0. The molecule has 1 aromatic heterocycles. The Hall–Kier alpha value is -0.920. The largest absolute Gasteiger partial charge is 0.397 e. The minimum atomic E-state index is 0.833. The van der Waals surface area contributed by atoms with Crippen LogP contribution >= 0.6 is 0 Å². The van der Waals surface area contributed by atoms with Gasteiger partial charge >= 0.3 is 0 Å². The number of nitrogens with one attached hydrogen (secondary N) is 1. The van der Waals surface area contributed by atoms with Crippen molar-refractivity contribution in [2.24, 2.45) is 0 Å². The van der Waals surface area contributed by atoms with Crippen LogP contribution in [-0.4, -0.2) is 4.98 Å². The third-order valence-electron chi connectivity index (χ3n) is 0.996. The van der Waals surface area contributed by atoms with E-state index in [-0.39, 0.29) is 0 Å². The second-order valence-electron chi connectivity index (χ2n) is 1.56. The van der Waals surface area contributed by atoms with Gasteiger partial charge in [0.25, 0.3) is 0 Å². The van der Waals surface area contributed by atoms with Crippen LogP contribution in [0.15, 0.2) is 12.3 Å². The number of aryl methyl sites for hydroxylation is 1. The highest BCUT2D eigenvalue weighted by molar-refractivity contribution is 5.41. The van der Waals surface area contributed by atoms with E-state index in [1.807, 2.05) is 19.2 Å². The van der Waals surface area contributed by atoms with E-state index in [2.05, 4.69) is 4.98 Å². The maximum Gasteiger partial charge on any atom is 0.0521 e. The predicted octanol–water partition coefficient (Wildman–Crippen LogP) is 0.905. The molecule has 2 nitrogen and oxygen atoms in total. The van der Waals surface area contributed by atoms with E-state index in [1.165, 1.54) is 0 Å². The van der Waals surface area contributed by atoms with Crippen molar-refractivity contribution >= 4 is 5.69 Å². The Kier molecular flexibility index (Phi) is 0.785. The molecule has 0 aliphatic carbocycles. The van der Waals surface area contributed by atoms with E-state index in [9.17, 15) is 0 Å². The minimum absolute atomic E-state index is 0.833. The molecule has 0 unspecified atom stereocenters. The summed E-state index contributed by atoms with van der Waals surface area (Å²) in [7, 11) is 0. The van der Waals surface area contributed by atoms with E-state index in [4.69, 9.17) is 5.73 Å². The zero-order valence-corrected chi connectivity index (χ0v) is 4.23. The Morgan fingerprint density at radius 2 is 2.43 bits per heavy atom. The Morgan fingerprint density at radius 1 is 1.71 bits per heavy atom. The lowest BCUT2D eigenvalue weighted by Crippen LogP contribution is -1.82. The highest BCUT2D eigenvalue weighted by Gasteiger charge is 1.86. The Balaban J connectivity index is 3.12. The van der Waals surface area contributed by atoms with Crippen LogP contribution in [0.1, 0.15) is 5.69 Å². The fourth-order valence-corrected chi connectivity index (χ4v) is 0.465. The molecule has 0 radical (unpaired) electrons. The van der Waals surface area contributed by atoms with Crippen LogP contribution in [0.25, 0.3) is 0 Å². The van der Waals surface area contributed by atoms with Crippen molar-refractivity contribution in [1.29, 1.82) is 0 Å². The average molecular weight is 96.1 g/mol. The van der Waals surface area contributed by atoms with Crippen molar-refractivity contribution in [3.8, 4) is 0 Å². The van der Waals surface area contributed by atoms with Crippen LogP contribution in [0.4, 0.5) is 5.69 Å². The molecule has 0 aromatic carbocycles. The van der Waals surface area contributed by atoms with Gasteiger partial charge in [-0.15, -0.1) is 0 Å². The lowest BCUT2D eigenvalue weighted by molar-refractivity contribution is 1.27. The molecular weight excluding hydrogens is 88.1 g/mol. The van der Waals surface area contributed by atoms with Gasteiger partial charge in [-0.2, -0.15) is 0 Å². The van der Waals surface area contributed by atoms with Gasteiger partial charge in [-0.25, -0.2) is 0 Å². The molecule has 0 atom stereocenters. The molecular formula is C5H8N2. The molecule has 0 aliphatic heterocycles. The normalized spacial score (nSPS) is 9.29. The first kappa shape index (κ1) is 4.24. The number of aromatic nitrogens is 1. The molecule has 0 amide bonds. The topological polar surface area (TPSA) is 41.8 Å². The maximum absolute atomic E-state index is 5.41. The zero-order chi connectivity index (χ0) is 5.28. The molecule has 38 valence electrons. The van der Waals surface area contributed by atoms with Crippen molar-refractivity contribution in [1.82, 2.24) is 4.98 Å². The second-order valence-corrected chi connectivity index (χ2v) is 1.56. The average Bonchev–Trinajstić information content (AvgIpc) is 1.91. The van der Waals surface area contributed by atoms with Gasteiger partial charge in [0.05, 0.1) is 5.69 Å². The highest BCUT2D eigenvalue weighted by atomic mass is 14.7. The van der Waals surface area contributed by atoms with Crippen molar-refractivity contribution in [2.75, 3.05) is 5.73 Å². The zero-order valence-electron chi connectivity index (χ0n) is 4.23.